The van der Waals surface area contributed by atoms with E-state index in [1.165, 1.54) is 0 Å². The summed E-state index contributed by atoms with van der Waals surface area (Å²) in [6, 6.07) is 8.93. The van der Waals surface area contributed by atoms with E-state index in [4.69, 9.17) is 21.1 Å². The highest BCUT2D eigenvalue weighted by atomic mass is 35.5. The number of nitrogens with zero attached hydrogens (tertiary/aromatic N) is 4. The van der Waals surface area contributed by atoms with Crippen LogP contribution < -0.4 is 15.4 Å². The highest BCUT2D eigenvalue weighted by Gasteiger charge is 2.40. The number of piperazine rings is 1. The van der Waals surface area contributed by atoms with Crippen LogP contribution in [0.25, 0.3) is 0 Å². The van der Waals surface area contributed by atoms with Gasteiger partial charge in [-0.1, -0.05) is 24.6 Å². The molecular formula is C32H43ClN6O4. The number of aromatic nitrogens is 1. The predicted octanol–water partition coefficient (Wildman–Crippen LogP) is 3.61. The Morgan fingerprint density at radius 2 is 2.00 bits per heavy atom. The third-order valence-corrected chi connectivity index (χ3v) is 7.92. The Morgan fingerprint density at radius 1 is 1.19 bits per heavy atom. The molecule has 0 saturated carbocycles. The number of ether oxygens (including phenoxy) is 2. The highest BCUT2D eigenvalue weighted by Crippen LogP contribution is 2.33. The van der Waals surface area contributed by atoms with Gasteiger partial charge in [0.1, 0.15) is 11.4 Å². The summed E-state index contributed by atoms with van der Waals surface area (Å²) in [6.45, 7) is 9.56. The molecule has 43 heavy (non-hydrogen) atoms. The fourth-order valence-electron chi connectivity index (χ4n) is 5.41. The lowest BCUT2D eigenvalue weighted by Gasteiger charge is -2.45. The summed E-state index contributed by atoms with van der Waals surface area (Å²) in [6.07, 6.45) is 8.13. The smallest absolute Gasteiger partial charge is 0.269 e. The normalized spacial score (nSPS) is 20.3. The molecule has 1 aromatic carbocycles. The van der Waals surface area contributed by atoms with E-state index in [2.05, 4.69) is 27.4 Å². The molecule has 2 aliphatic heterocycles. The van der Waals surface area contributed by atoms with E-state index in [9.17, 15) is 9.59 Å². The second kappa shape index (κ2) is 14.7. The van der Waals surface area contributed by atoms with Gasteiger partial charge in [-0.3, -0.25) is 14.6 Å². The largest absolute Gasteiger partial charge is 0.494 e. The van der Waals surface area contributed by atoms with Gasteiger partial charge >= 0.3 is 0 Å². The number of carbonyl (C=O) groups excluding carboxylic acids is 2. The number of rotatable bonds is 12. The third-order valence-electron chi connectivity index (χ3n) is 7.61. The number of likely N-dealkylation sites (N-methyl/N-ethyl adjacent to an activating group) is 1. The van der Waals surface area contributed by atoms with Crippen LogP contribution in [0.4, 0.5) is 0 Å². The molecule has 3 heterocycles. The highest BCUT2D eigenvalue weighted by molar-refractivity contribution is 6.34. The molecular weight excluding hydrogens is 568 g/mol. The zero-order valence-electron chi connectivity index (χ0n) is 25.7. The number of nitrogens with one attached hydrogen (secondary N) is 2. The molecule has 0 radical (unpaired) electrons. The quantitative estimate of drug-likeness (QED) is 0.376. The summed E-state index contributed by atoms with van der Waals surface area (Å²) in [4.78, 5) is 37.7. The average Bonchev–Trinajstić information content (AvgIpc) is 3.01. The van der Waals surface area contributed by atoms with E-state index in [1.54, 1.807) is 30.6 Å². The fourth-order valence-corrected chi connectivity index (χ4v) is 5.66. The van der Waals surface area contributed by atoms with Gasteiger partial charge in [-0.2, -0.15) is 0 Å². The van der Waals surface area contributed by atoms with Crippen LogP contribution in [0.1, 0.15) is 43.1 Å². The first-order valence-electron chi connectivity index (χ1n) is 14.9. The Morgan fingerprint density at radius 3 is 2.65 bits per heavy atom. The molecule has 4 rings (SSSR count). The van der Waals surface area contributed by atoms with Crippen molar-refractivity contribution in [1.29, 1.82) is 0 Å². The maximum Gasteiger partial charge on any atom is 0.269 e. The molecule has 0 aliphatic carbocycles. The second-order valence-electron chi connectivity index (χ2n) is 10.8. The van der Waals surface area contributed by atoms with Crippen molar-refractivity contribution in [2.45, 2.75) is 39.0 Å². The van der Waals surface area contributed by atoms with Crippen molar-refractivity contribution in [3.8, 4) is 5.75 Å². The maximum atomic E-state index is 13.7. The van der Waals surface area contributed by atoms with Crippen LogP contribution in [0.2, 0.25) is 5.02 Å². The average molecular weight is 611 g/mol. The molecule has 0 bridgehead atoms. The summed E-state index contributed by atoms with van der Waals surface area (Å²) < 4.78 is 11.8. The molecule has 10 nitrogen and oxygen atoms in total. The first-order valence-corrected chi connectivity index (χ1v) is 15.3. The number of pyridine rings is 1. The summed E-state index contributed by atoms with van der Waals surface area (Å²) in [7, 11) is 3.93. The molecule has 2 aliphatic rings. The molecule has 2 aromatic rings. The van der Waals surface area contributed by atoms with Gasteiger partial charge in [-0.15, -0.1) is 0 Å². The molecule has 232 valence electrons. The summed E-state index contributed by atoms with van der Waals surface area (Å²) in [5.74, 6) is 0.296. The number of amides is 2. The minimum absolute atomic E-state index is 0.0248. The predicted molar refractivity (Wildman–Crippen MR) is 168 cm³/mol. The van der Waals surface area contributed by atoms with Crippen LogP contribution >= 0.6 is 11.6 Å². The van der Waals surface area contributed by atoms with Gasteiger partial charge in [-0.25, -0.2) is 0 Å². The second-order valence-corrected chi connectivity index (χ2v) is 11.2. The fraction of sp³-hybridized carbons (Fsp3) is 0.469. The molecule has 0 spiro atoms. The summed E-state index contributed by atoms with van der Waals surface area (Å²) in [5.41, 5.74) is 1.38. The van der Waals surface area contributed by atoms with E-state index >= 15 is 0 Å². The Hall–Kier alpha value is -3.60. The molecule has 2 atom stereocenters. The van der Waals surface area contributed by atoms with Gasteiger partial charge in [0.2, 0.25) is 0 Å². The van der Waals surface area contributed by atoms with Crippen molar-refractivity contribution in [2.24, 2.45) is 0 Å². The molecule has 2 amide bonds. The van der Waals surface area contributed by atoms with Crippen LogP contribution in [-0.2, 0) is 15.3 Å². The van der Waals surface area contributed by atoms with Gasteiger partial charge in [0.25, 0.3) is 11.8 Å². The maximum absolute atomic E-state index is 13.7. The first kappa shape index (κ1) is 32.3. The molecule has 1 saturated heterocycles. The standard InChI is InChI=1S/C32H43ClN6O4/c1-6-24-22-38(31(41)26-12-11-25(42-7-2)20-27(26)33)18-19-39(24)28-13-14-32(43-8-3,23-10-9-15-34-21-23)36-29(28)30(40)35-16-17-37(4)5/h9-15,20-21,24,36H,6-8,16-19,22H2,1-5H3,(H,35,40)/t24-,32?/m1/s1. The number of halogens is 1. The summed E-state index contributed by atoms with van der Waals surface area (Å²) >= 11 is 6.49. The van der Waals surface area contributed by atoms with E-state index in [0.29, 0.717) is 68.0 Å². The monoisotopic (exact) mass is 610 g/mol. The van der Waals surface area contributed by atoms with Crippen molar-refractivity contribution in [1.82, 2.24) is 30.3 Å². The van der Waals surface area contributed by atoms with Crippen LogP contribution in [0.5, 0.6) is 5.75 Å². The SMILES string of the molecule is CCOc1ccc(C(=O)N2CCN(C3=C(C(=O)NCCN(C)C)NC(OCC)(c4cccnc4)C=C3)[C@H](CC)C2)c(Cl)c1. The van der Waals surface area contributed by atoms with Crippen LogP contribution in [-0.4, -0.2) is 97.6 Å². The number of carbonyl (C=O) groups is 2. The first-order chi connectivity index (χ1) is 20.7. The molecule has 1 unspecified atom stereocenters. The zero-order valence-corrected chi connectivity index (χ0v) is 26.5. The van der Waals surface area contributed by atoms with Gasteiger partial charge in [0.15, 0.2) is 5.72 Å². The third kappa shape index (κ3) is 7.49. The Labute approximate surface area is 259 Å². The number of dihydropyridines is 1. The van der Waals surface area contributed by atoms with Gasteiger partial charge in [0, 0.05) is 63.3 Å². The van der Waals surface area contributed by atoms with Gasteiger partial charge in [-0.05, 0) is 70.8 Å². The van der Waals surface area contributed by atoms with Crippen molar-refractivity contribution >= 4 is 23.4 Å². The minimum atomic E-state index is -1.05. The lowest BCUT2D eigenvalue weighted by atomic mass is 9.97. The van der Waals surface area contributed by atoms with Crippen molar-refractivity contribution in [2.75, 3.05) is 60.0 Å². The van der Waals surface area contributed by atoms with Crippen LogP contribution in [0.15, 0.2) is 66.3 Å². The zero-order chi connectivity index (χ0) is 31.0. The number of benzene rings is 1. The molecule has 2 N–H and O–H groups in total. The lowest BCUT2D eigenvalue weighted by molar-refractivity contribution is -0.119. The molecule has 1 aromatic heterocycles. The van der Waals surface area contributed by atoms with Crippen LogP contribution in [0.3, 0.4) is 0 Å². The van der Waals surface area contributed by atoms with Gasteiger partial charge in [0.05, 0.1) is 22.9 Å². The number of hydrogen-bond acceptors (Lipinski definition) is 8. The Balaban J connectivity index is 1.62. The van der Waals surface area contributed by atoms with Crippen molar-refractivity contribution in [3.05, 3.63) is 82.4 Å². The summed E-state index contributed by atoms with van der Waals surface area (Å²) in [5, 5.41) is 6.88. The lowest BCUT2D eigenvalue weighted by Crippen LogP contribution is -2.56. The Kier molecular flexibility index (Phi) is 11.1. The van der Waals surface area contributed by atoms with E-state index in [1.807, 2.05) is 62.0 Å². The van der Waals surface area contributed by atoms with Gasteiger partial charge < -0.3 is 34.8 Å². The minimum Gasteiger partial charge on any atom is -0.494 e. The van der Waals surface area contributed by atoms with E-state index < -0.39 is 5.72 Å². The van der Waals surface area contributed by atoms with E-state index in [-0.39, 0.29) is 17.9 Å². The van der Waals surface area contributed by atoms with Crippen LogP contribution in [0, 0.1) is 0 Å². The topological polar surface area (TPSA) is 99.3 Å². The Bertz CT molecular complexity index is 1330. The number of hydrogen-bond donors (Lipinski definition) is 2. The number of allylic oxidation sites excluding steroid dienone is 1. The van der Waals surface area contributed by atoms with Crippen molar-refractivity contribution in [3.63, 3.8) is 0 Å². The van der Waals surface area contributed by atoms with Crippen molar-refractivity contribution < 1.29 is 19.1 Å². The van der Waals surface area contributed by atoms with E-state index in [0.717, 1.165) is 17.7 Å². The molecule has 1 fully saturated rings. The molecule has 11 heteroatoms.